The summed E-state index contributed by atoms with van der Waals surface area (Å²) in [5, 5.41) is 8.80. The van der Waals surface area contributed by atoms with Gasteiger partial charge >= 0.3 is 5.97 Å². The topological polar surface area (TPSA) is 66.7 Å². The number of isocyanates is 1. The van der Waals surface area contributed by atoms with Gasteiger partial charge in [-0.25, -0.2) is 9.59 Å². The maximum Gasteiger partial charge on any atom is 0.335 e. The van der Waals surface area contributed by atoms with Crippen LogP contribution in [0.5, 0.6) is 0 Å². The van der Waals surface area contributed by atoms with Crippen LogP contribution in [-0.4, -0.2) is 17.2 Å². The van der Waals surface area contributed by atoms with Gasteiger partial charge in [0.2, 0.25) is 6.08 Å². The van der Waals surface area contributed by atoms with Gasteiger partial charge in [-0.3, -0.25) is 0 Å². The van der Waals surface area contributed by atoms with Gasteiger partial charge in [0.15, 0.2) is 0 Å². The summed E-state index contributed by atoms with van der Waals surface area (Å²) < 4.78 is 0. The molecule has 2 aromatic rings. The van der Waals surface area contributed by atoms with Gasteiger partial charge in [-0.1, -0.05) is 24.3 Å². The van der Waals surface area contributed by atoms with Gasteiger partial charge in [0, 0.05) is 0 Å². The second kappa shape index (κ2) is 5.08. The van der Waals surface area contributed by atoms with Crippen LogP contribution >= 0.6 is 0 Å². The molecule has 0 unspecified atom stereocenters. The van der Waals surface area contributed by atoms with E-state index in [1.807, 2.05) is 6.07 Å². The number of carboxylic acid groups (broad SMARTS) is 1. The minimum absolute atomic E-state index is 0.237. The number of carbonyl (C=O) groups excluding carboxylic acids is 1. The monoisotopic (exact) mass is 239 g/mol. The van der Waals surface area contributed by atoms with Gasteiger partial charge in [0.25, 0.3) is 0 Å². The molecule has 2 rings (SSSR count). The van der Waals surface area contributed by atoms with Crippen LogP contribution in [0.3, 0.4) is 0 Å². The molecule has 18 heavy (non-hydrogen) atoms. The summed E-state index contributed by atoms with van der Waals surface area (Å²) >= 11 is 0. The Kier molecular flexibility index (Phi) is 3.32. The zero-order valence-electron chi connectivity index (χ0n) is 9.33. The van der Waals surface area contributed by atoms with Crippen LogP contribution in [0.4, 0.5) is 5.69 Å². The molecular formula is C14H9NO3. The first-order chi connectivity index (χ1) is 8.70. The van der Waals surface area contributed by atoms with Gasteiger partial charge in [0.1, 0.15) is 0 Å². The maximum atomic E-state index is 10.7. The van der Waals surface area contributed by atoms with Crippen LogP contribution < -0.4 is 0 Å². The molecule has 0 aliphatic rings. The third kappa shape index (κ3) is 2.51. The molecule has 0 saturated carbocycles. The molecule has 0 fully saturated rings. The van der Waals surface area contributed by atoms with E-state index < -0.39 is 5.97 Å². The highest BCUT2D eigenvalue weighted by Gasteiger charge is 2.03. The molecule has 4 heteroatoms. The van der Waals surface area contributed by atoms with Crippen molar-refractivity contribution in [2.75, 3.05) is 0 Å². The highest BCUT2D eigenvalue weighted by molar-refractivity contribution is 5.88. The zero-order valence-corrected chi connectivity index (χ0v) is 9.33. The molecule has 0 saturated heterocycles. The smallest absolute Gasteiger partial charge is 0.335 e. The highest BCUT2D eigenvalue weighted by Crippen LogP contribution is 2.24. The Morgan fingerprint density at radius 1 is 1.06 bits per heavy atom. The summed E-state index contributed by atoms with van der Waals surface area (Å²) in [5.41, 5.74) is 2.48. The summed E-state index contributed by atoms with van der Waals surface area (Å²) in [6.45, 7) is 0. The third-order valence-corrected chi connectivity index (χ3v) is 2.49. The second-order valence-corrected chi connectivity index (χ2v) is 3.64. The number of carboxylic acids is 1. The summed E-state index contributed by atoms with van der Waals surface area (Å²) in [5.74, 6) is -0.958. The molecular weight excluding hydrogens is 230 g/mol. The summed E-state index contributed by atoms with van der Waals surface area (Å²) in [7, 11) is 0. The number of rotatable bonds is 3. The second-order valence-electron chi connectivity index (χ2n) is 3.64. The fourth-order valence-electron chi connectivity index (χ4n) is 1.61. The predicted octanol–water partition coefficient (Wildman–Crippen LogP) is 3.02. The SMILES string of the molecule is O=C=Nc1cccc(-c2ccc(C(=O)O)cc2)c1. The Bertz CT molecular complexity index is 626. The van der Waals surface area contributed by atoms with E-state index in [1.54, 1.807) is 30.3 Å². The maximum absolute atomic E-state index is 10.7. The van der Waals surface area contributed by atoms with Crippen molar-refractivity contribution < 1.29 is 14.7 Å². The van der Waals surface area contributed by atoms with E-state index in [1.165, 1.54) is 18.2 Å². The van der Waals surface area contributed by atoms with Crippen molar-refractivity contribution in [2.24, 2.45) is 4.99 Å². The van der Waals surface area contributed by atoms with Gasteiger partial charge in [-0.05, 0) is 35.4 Å². The number of hydrogen-bond acceptors (Lipinski definition) is 3. The first-order valence-corrected chi connectivity index (χ1v) is 5.22. The number of hydrogen-bond donors (Lipinski definition) is 1. The minimum atomic E-state index is -0.958. The fraction of sp³-hybridized carbons (Fsp3) is 0. The number of nitrogens with zero attached hydrogens (tertiary/aromatic N) is 1. The summed E-state index contributed by atoms with van der Waals surface area (Å²) in [6, 6.07) is 13.6. The Morgan fingerprint density at radius 3 is 2.39 bits per heavy atom. The normalized spacial score (nSPS) is 9.56. The molecule has 1 N–H and O–H groups in total. The largest absolute Gasteiger partial charge is 0.478 e. The molecule has 2 aromatic carbocycles. The number of carbonyl (C=O) groups is 1. The lowest BCUT2D eigenvalue weighted by Gasteiger charge is -2.02. The van der Waals surface area contributed by atoms with Crippen LogP contribution in [0.1, 0.15) is 10.4 Å². The van der Waals surface area contributed by atoms with Crippen molar-refractivity contribution in [3.63, 3.8) is 0 Å². The lowest BCUT2D eigenvalue weighted by molar-refractivity contribution is 0.0697. The van der Waals surface area contributed by atoms with E-state index >= 15 is 0 Å². The molecule has 0 aliphatic heterocycles. The predicted molar refractivity (Wildman–Crippen MR) is 66.6 cm³/mol. The molecule has 0 heterocycles. The fourth-order valence-corrected chi connectivity index (χ4v) is 1.61. The standard InChI is InChI=1S/C14H9NO3/c16-9-15-13-3-1-2-12(8-13)10-4-6-11(7-5-10)14(17)18/h1-8H,(H,17,18). The Morgan fingerprint density at radius 2 is 1.78 bits per heavy atom. The lowest BCUT2D eigenvalue weighted by atomic mass is 10.0. The van der Waals surface area contributed by atoms with Gasteiger partial charge < -0.3 is 5.11 Å². The molecule has 0 amide bonds. The van der Waals surface area contributed by atoms with Gasteiger partial charge in [-0.2, -0.15) is 4.99 Å². The molecule has 0 bridgehead atoms. The number of aromatic carboxylic acids is 1. The van der Waals surface area contributed by atoms with Gasteiger partial charge in [-0.15, -0.1) is 0 Å². The van der Waals surface area contributed by atoms with Crippen LogP contribution in [0.2, 0.25) is 0 Å². The highest BCUT2D eigenvalue weighted by atomic mass is 16.4. The third-order valence-electron chi connectivity index (χ3n) is 2.49. The van der Waals surface area contributed by atoms with Crippen LogP contribution in [-0.2, 0) is 4.79 Å². The van der Waals surface area contributed by atoms with Crippen LogP contribution in [0.15, 0.2) is 53.5 Å². The summed E-state index contributed by atoms with van der Waals surface area (Å²) in [6.07, 6.45) is 1.48. The first kappa shape index (κ1) is 11.8. The molecule has 0 atom stereocenters. The van der Waals surface area contributed by atoms with Gasteiger partial charge in [0.05, 0.1) is 11.3 Å². The van der Waals surface area contributed by atoms with E-state index in [4.69, 9.17) is 5.11 Å². The Hall–Kier alpha value is -2.71. The molecule has 88 valence electrons. The van der Waals surface area contributed by atoms with Crippen LogP contribution in [0, 0.1) is 0 Å². The van der Waals surface area contributed by atoms with Crippen molar-refractivity contribution in [1.29, 1.82) is 0 Å². The molecule has 0 aromatic heterocycles. The minimum Gasteiger partial charge on any atom is -0.478 e. The van der Waals surface area contributed by atoms with E-state index in [9.17, 15) is 9.59 Å². The zero-order chi connectivity index (χ0) is 13.0. The number of aliphatic imine (C=N–C) groups is 1. The molecule has 0 spiro atoms. The van der Waals surface area contributed by atoms with Crippen molar-refractivity contribution >= 4 is 17.7 Å². The Balaban J connectivity index is 2.39. The van der Waals surface area contributed by atoms with Crippen molar-refractivity contribution in [3.8, 4) is 11.1 Å². The quantitative estimate of drug-likeness (QED) is 0.661. The van der Waals surface area contributed by atoms with E-state index in [-0.39, 0.29) is 5.56 Å². The summed E-state index contributed by atoms with van der Waals surface area (Å²) in [4.78, 5) is 24.5. The average Bonchev–Trinajstić information content (AvgIpc) is 2.39. The first-order valence-electron chi connectivity index (χ1n) is 5.22. The van der Waals surface area contributed by atoms with E-state index in [0.717, 1.165) is 11.1 Å². The lowest BCUT2D eigenvalue weighted by Crippen LogP contribution is -1.94. The van der Waals surface area contributed by atoms with Crippen molar-refractivity contribution in [3.05, 3.63) is 54.1 Å². The number of benzene rings is 2. The van der Waals surface area contributed by atoms with E-state index in [2.05, 4.69) is 4.99 Å². The van der Waals surface area contributed by atoms with Crippen LogP contribution in [0.25, 0.3) is 11.1 Å². The molecule has 4 nitrogen and oxygen atoms in total. The van der Waals surface area contributed by atoms with Crippen molar-refractivity contribution in [1.82, 2.24) is 0 Å². The molecule has 0 aliphatic carbocycles. The Labute approximate surface area is 103 Å². The van der Waals surface area contributed by atoms with Crippen molar-refractivity contribution in [2.45, 2.75) is 0 Å². The van der Waals surface area contributed by atoms with E-state index in [0.29, 0.717) is 5.69 Å². The molecule has 0 radical (unpaired) electrons. The average molecular weight is 239 g/mol.